The highest BCUT2D eigenvalue weighted by molar-refractivity contribution is 5.93. The highest BCUT2D eigenvalue weighted by Gasteiger charge is 2.35. The summed E-state index contributed by atoms with van der Waals surface area (Å²) in [6, 6.07) is 8.83. The fourth-order valence-electron chi connectivity index (χ4n) is 5.37. The van der Waals surface area contributed by atoms with Crippen molar-refractivity contribution in [3.63, 3.8) is 0 Å². The van der Waals surface area contributed by atoms with Crippen LogP contribution >= 0.6 is 0 Å². The second-order valence-electron chi connectivity index (χ2n) is 11.6. The summed E-state index contributed by atoms with van der Waals surface area (Å²) >= 11 is 0. The number of carboxylic acid groups (broad SMARTS) is 1. The largest absolute Gasteiger partial charge is 0.490 e. The normalized spacial score (nSPS) is 13.8. The Kier molecular flexibility index (Phi) is 8.20. The maximum Gasteiger partial charge on any atom is 0.337 e. The molecular formula is C32H34F2N4O5. The van der Waals surface area contributed by atoms with E-state index in [1.54, 1.807) is 39.8 Å². The SMILES string of the molecule is Cc1nc2cc(C(=O)NCCc3ccc(F)cc3)nn2c(-c2cc(F)c3c(c2C)CCCO3)c1[C@H](OC(C)(C)C)C(=O)O. The van der Waals surface area contributed by atoms with Gasteiger partial charge in [-0.15, -0.1) is 0 Å². The zero-order valence-electron chi connectivity index (χ0n) is 24.8. The molecule has 0 fully saturated rings. The summed E-state index contributed by atoms with van der Waals surface area (Å²) in [6.45, 7) is 9.41. The molecule has 0 spiro atoms. The topological polar surface area (TPSA) is 115 Å². The van der Waals surface area contributed by atoms with Gasteiger partial charge in [0, 0.05) is 35.0 Å². The molecule has 0 bridgehead atoms. The highest BCUT2D eigenvalue weighted by atomic mass is 19.1. The average Bonchev–Trinajstić information content (AvgIpc) is 3.37. The number of amides is 1. The van der Waals surface area contributed by atoms with Crippen LogP contribution in [0.15, 0.2) is 36.4 Å². The van der Waals surface area contributed by atoms with Crippen molar-refractivity contribution in [2.24, 2.45) is 0 Å². The first kappa shape index (κ1) is 30.1. The van der Waals surface area contributed by atoms with Crippen molar-refractivity contribution in [2.45, 2.75) is 65.6 Å². The molecule has 9 nitrogen and oxygen atoms in total. The minimum Gasteiger partial charge on any atom is -0.490 e. The van der Waals surface area contributed by atoms with Gasteiger partial charge in [0.25, 0.3) is 5.91 Å². The van der Waals surface area contributed by atoms with Gasteiger partial charge in [-0.05, 0) is 83.2 Å². The van der Waals surface area contributed by atoms with Crippen molar-refractivity contribution in [3.8, 4) is 17.0 Å². The number of benzene rings is 2. The maximum absolute atomic E-state index is 15.5. The van der Waals surface area contributed by atoms with E-state index in [9.17, 15) is 19.1 Å². The summed E-state index contributed by atoms with van der Waals surface area (Å²) in [4.78, 5) is 30.4. The van der Waals surface area contributed by atoms with Crippen LogP contribution in [-0.4, -0.2) is 50.3 Å². The summed E-state index contributed by atoms with van der Waals surface area (Å²) < 4.78 is 41.7. The van der Waals surface area contributed by atoms with Crippen LogP contribution in [0, 0.1) is 25.5 Å². The first-order valence-corrected chi connectivity index (χ1v) is 14.1. The molecule has 2 aromatic carbocycles. The number of nitrogens with one attached hydrogen (secondary N) is 1. The zero-order valence-corrected chi connectivity index (χ0v) is 24.8. The van der Waals surface area contributed by atoms with Crippen molar-refractivity contribution < 1.29 is 33.0 Å². The minimum absolute atomic E-state index is 0.0486. The van der Waals surface area contributed by atoms with Crippen molar-refractivity contribution in [1.82, 2.24) is 19.9 Å². The number of hydrogen-bond acceptors (Lipinski definition) is 6. The molecule has 5 rings (SSSR count). The third-order valence-electron chi connectivity index (χ3n) is 7.32. The van der Waals surface area contributed by atoms with Crippen molar-refractivity contribution in [1.29, 1.82) is 0 Å². The smallest absolute Gasteiger partial charge is 0.337 e. The van der Waals surface area contributed by atoms with E-state index in [0.29, 0.717) is 48.3 Å². The Bertz CT molecular complexity index is 1710. The number of fused-ring (bicyclic) bond motifs is 2. The van der Waals surface area contributed by atoms with Gasteiger partial charge in [0.05, 0.1) is 17.9 Å². The summed E-state index contributed by atoms with van der Waals surface area (Å²) in [7, 11) is 0. The zero-order chi connectivity index (χ0) is 31.1. The van der Waals surface area contributed by atoms with Gasteiger partial charge >= 0.3 is 5.97 Å². The molecule has 0 saturated carbocycles. The number of rotatable bonds is 8. The lowest BCUT2D eigenvalue weighted by Crippen LogP contribution is -2.29. The Labute approximate surface area is 247 Å². The Balaban J connectivity index is 1.64. The summed E-state index contributed by atoms with van der Waals surface area (Å²) in [5.74, 6) is -2.43. The summed E-state index contributed by atoms with van der Waals surface area (Å²) in [6.07, 6.45) is 0.324. The number of halogens is 2. The van der Waals surface area contributed by atoms with E-state index in [0.717, 1.165) is 5.56 Å². The number of nitrogens with zero attached hydrogens (tertiary/aromatic N) is 3. The molecule has 2 aromatic heterocycles. The van der Waals surface area contributed by atoms with E-state index in [4.69, 9.17) is 9.47 Å². The van der Waals surface area contributed by atoms with Gasteiger partial charge in [-0.3, -0.25) is 4.79 Å². The number of carbonyl (C=O) groups is 2. The molecule has 1 atom stereocenters. The van der Waals surface area contributed by atoms with Crippen LogP contribution in [-0.2, 0) is 22.4 Å². The second kappa shape index (κ2) is 11.7. The Morgan fingerprint density at radius 2 is 1.88 bits per heavy atom. The standard InChI is InChI=1S/C32H34F2N4O5/c1-17-21-7-6-14-42-28(21)23(34)15-22(17)27-26(29(31(40)41)43-32(3,4)5)18(2)36-25-16-24(37-38(25)27)30(39)35-13-12-19-8-10-20(33)11-9-19/h8-11,15-16,29H,6-7,12-14H2,1-5H3,(H,35,39)(H,40,41)/t29-/m0/s1. The molecule has 0 unspecified atom stereocenters. The molecule has 0 aliphatic carbocycles. The summed E-state index contributed by atoms with van der Waals surface area (Å²) in [5.41, 5.74) is 2.99. The van der Waals surface area contributed by atoms with Crippen LogP contribution in [0.1, 0.15) is 71.7 Å². The van der Waals surface area contributed by atoms with Crippen LogP contribution in [0.3, 0.4) is 0 Å². The van der Waals surface area contributed by atoms with Crippen molar-refractivity contribution in [3.05, 3.63) is 81.7 Å². The number of aromatic nitrogens is 3. The van der Waals surface area contributed by atoms with Gasteiger partial charge < -0.3 is 19.9 Å². The molecule has 1 aliphatic rings. The van der Waals surface area contributed by atoms with Crippen molar-refractivity contribution in [2.75, 3.05) is 13.2 Å². The van der Waals surface area contributed by atoms with E-state index in [2.05, 4.69) is 15.4 Å². The fraction of sp³-hybridized carbons (Fsp3) is 0.375. The van der Waals surface area contributed by atoms with E-state index in [-0.39, 0.29) is 40.7 Å². The predicted molar refractivity (Wildman–Crippen MR) is 155 cm³/mol. The lowest BCUT2D eigenvalue weighted by molar-refractivity contribution is -0.160. The van der Waals surface area contributed by atoms with E-state index >= 15 is 4.39 Å². The van der Waals surface area contributed by atoms with Crippen molar-refractivity contribution >= 4 is 17.5 Å². The number of carboxylic acids is 1. The quantitative estimate of drug-likeness (QED) is 0.277. The maximum atomic E-state index is 15.5. The Morgan fingerprint density at radius 3 is 2.56 bits per heavy atom. The highest BCUT2D eigenvalue weighted by Crippen LogP contribution is 2.41. The molecule has 4 aromatic rings. The average molecular weight is 593 g/mol. The van der Waals surface area contributed by atoms with Crippen LogP contribution in [0.25, 0.3) is 16.9 Å². The molecule has 3 heterocycles. The molecule has 2 N–H and O–H groups in total. The van der Waals surface area contributed by atoms with Gasteiger partial charge in [0.1, 0.15) is 5.82 Å². The Morgan fingerprint density at radius 1 is 1.16 bits per heavy atom. The van der Waals surface area contributed by atoms with E-state index in [1.807, 2.05) is 6.92 Å². The summed E-state index contributed by atoms with van der Waals surface area (Å²) in [5, 5.41) is 17.7. The van der Waals surface area contributed by atoms with Gasteiger partial charge in [-0.25, -0.2) is 23.1 Å². The van der Waals surface area contributed by atoms with Gasteiger partial charge in [-0.1, -0.05) is 12.1 Å². The molecule has 11 heteroatoms. The molecular weight excluding hydrogens is 558 g/mol. The molecule has 43 heavy (non-hydrogen) atoms. The minimum atomic E-state index is -1.46. The third-order valence-corrected chi connectivity index (χ3v) is 7.32. The third kappa shape index (κ3) is 6.22. The molecule has 1 aliphatic heterocycles. The number of hydrogen-bond donors (Lipinski definition) is 2. The van der Waals surface area contributed by atoms with Gasteiger partial charge in [0.2, 0.25) is 0 Å². The van der Waals surface area contributed by atoms with Crippen LogP contribution in [0.5, 0.6) is 5.75 Å². The lowest BCUT2D eigenvalue weighted by Gasteiger charge is -2.28. The first-order valence-electron chi connectivity index (χ1n) is 14.1. The Hall–Kier alpha value is -4.38. The number of carbonyl (C=O) groups excluding carboxylic acids is 1. The van der Waals surface area contributed by atoms with E-state index in [1.165, 1.54) is 28.8 Å². The number of ether oxygens (including phenoxy) is 2. The van der Waals surface area contributed by atoms with Crippen LogP contribution < -0.4 is 10.1 Å². The van der Waals surface area contributed by atoms with Gasteiger partial charge in [0.15, 0.2) is 29.0 Å². The first-order chi connectivity index (χ1) is 20.3. The molecule has 0 radical (unpaired) electrons. The monoisotopic (exact) mass is 592 g/mol. The van der Waals surface area contributed by atoms with Crippen LogP contribution in [0.2, 0.25) is 0 Å². The lowest BCUT2D eigenvalue weighted by atomic mass is 9.91. The fourth-order valence-corrected chi connectivity index (χ4v) is 5.37. The number of aliphatic carboxylic acids is 1. The molecule has 226 valence electrons. The van der Waals surface area contributed by atoms with E-state index < -0.39 is 29.4 Å². The molecule has 0 saturated heterocycles. The number of aryl methyl sites for hydroxylation is 1. The predicted octanol–water partition coefficient (Wildman–Crippen LogP) is 5.53. The second-order valence-corrected chi connectivity index (χ2v) is 11.6. The van der Waals surface area contributed by atoms with Crippen LogP contribution in [0.4, 0.5) is 8.78 Å². The van der Waals surface area contributed by atoms with Gasteiger partial charge in [-0.2, -0.15) is 5.10 Å². The molecule has 1 amide bonds.